The average Bonchev–Trinajstić information content (AvgIpc) is 2.88. The van der Waals surface area contributed by atoms with Gasteiger partial charge in [-0.3, -0.25) is 4.79 Å². The van der Waals surface area contributed by atoms with Crippen LogP contribution in [0, 0.1) is 36.5 Å². The van der Waals surface area contributed by atoms with E-state index in [0.29, 0.717) is 38.0 Å². The third kappa shape index (κ3) is 3.97. The lowest BCUT2D eigenvalue weighted by Gasteiger charge is -2.06. The van der Waals surface area contributed by atoms with Gasteiger partial charge in [0.1, 0.15) is 17.0 Å². The number of nitrogens with one attached hydrogen (secondary N) is 1. The number of amides is 1. The summed E-state index contributed by atoms with van der Waals surface area (Å²) in [4.78, 5) is 12.1. The highest BCUT2D eigenvalue weighted by molar-refractivity contribution is 7.16. The number of benzene rings is 1. The van der Waals surface area contributed by atoms with Crippen LogP contribution in [0.4, 0.5) is 16.4 Å². The zero-order chi connectivity index (χ0) is 18.6. The summed E-state index contributed by atoms with van der Waals surface area (Å²) in [5.41, 5.74) is 3.48. The van der Waals surface area contributed by atoms with E-state index in [1.807, 2.05) is 6.92 Å². The quantitative estimate of drug-likeness (QED) is 0.618. The van der Waals surface area contributed by atoms with Gasteiger partial charge in [-0.15, -0.1) is 21.6 Å². The first-order valence-corrected chi connectivity index (χ1v) is 8.11. The van der Waals surface area contributed by atoms with Crippen molar-refractivity contribution in [3.63, 3.8) is 0 Å². The van der Waals surface area contributed by atoms with Crippen molar-refractivity contribution in [2.24, 2.45) is 10.2 Å². The highest BCUT2D eigenvalue weighted by Gasteiger charge is 2.14. The Labute approximate surface area is 149 Å². The summed E-state index contributed by atoms with van der Waals surface area (Å²) in [6.45, 7) is 8.79. The van der Waals surface area contributed by atoms with Crippen molar-refractivity contribution in [3.05, 3.63) is 51.9 Å². The molecular formula is C18H15N5OS. The maximum Gasteiger partial charge on any atom is 0.250 e. The van der Waals surface area contributed by atoms with E-state index in [2.05, 4.69) is 34.3 Å². The van der Waals surface area contributed by atoms with Crippen LogP contribution in [0.15, 0.2) is 40.6 Å². The van der Waals surface area contributed by atoms with Gasteiger partial charge >= 0.3 is 0 Å². The van der Waals surface area contributed by atoms with Crippen molar-refractivity contribution < 1.29 is 4.79 Å². The third-order valence-electron chi connectivity index (χ3n) is 3.43. The molecule has 0 spiro atoms. The maximum atomic E-state index is 11.6. The van der Waals surface area contributed by atoms with Gasteiger partial charge in [-0.2, -0.15) is 10.5 Å². The Balaban J connectivity index is 2.28. The van der Waals surface area contributed by atoms with Gasteiger partial charge in [0, 0.05) is 11.3 Å². The maximum absolute atomic E-state index is 11.6. The van der Waals surface area contributed by atoms with Crippen LogP contribution in [0.25, 0.3) is 0 Å². The molecule has 124 valence electrons. The summed E-state index contributed by atoms with van der Waals surface area (Å²) < 4.78 is 0. The number of nitriles is 2. The fourth-order valence-corrected chi connectivity index (χ4v) is 2.87. The van der Waals surface area contributed by atoms with Crippen molar-refractivity contribution in [1.29, 1.82) is 10.5 Å². The van der Waals surface area contributed by atoms with Crippen LogP contribution in [0.5, 0.6) is 0 Å². The van der Waals surface area contributed by atoms with Crippen LogP contribution in [-0.4, -0.2) is 5.91 Å². The molecule has 6 nitrogen and oxygen atoms in total. The largest absolute Gasteiger partial charge is 0.322 e. The lowest BCUT2D eigenvalue weighted by Crippen LogP contribution is -2.11. The summed E-state index contributed by atoms with van der Waals surface area (Å²) in [5, 5.41) is 29.7. The lowest BCUT2D eigenvalue weighted by atomic mass is 10.2. The molecule has 0 bridgehead atoms. The second kappa shape index (κ2) is 7.52. The number of thiophene rings is 1. The first-order valence-electron chi connectivity index (χ1n) is 7.30. The molecule has 2 rings (SSSR count). The predicted molar refractivity (Wildman–Crippen MR) is 97.3 cm³/mol. The molecule has 0 aliphatic rings. The molecule has 0 fully saturated rings. The van der Waals surface area contributed by atoms with Gasteiger partial charge in [-0.25, -0.2) is 0 Å². The van der Waals surface area contributed by atoms with Gasteiger partial charge in [0.2, 0.25) is 0 Å². The Bertz CT molecular complexity index is 973. The Morgan fingerprint density at radius 3 is 2.52 bits per heavy atom. The van der Waals surface area contributed by atoms with Crippen molar-refractivity contribution in [2.75, 3.05) is 5.32 Å². The number of aryl methyl sites for hydroxylation is 1. The van der Waals surface area contributed by atoms with E-state index in [1.165, 1.54) is 0 Å². The zero-order valence-corrected chi connectivity index (χ0v) is 14.9. The van der Waals surface area contributed by atoms with Gasteiger partial charge in [-0.1, -0.05) is 6.58 Å². The summed E-state index contributed by atoms with van der Waals surface area (Å²) in [7, 11) is 0. The molecule has 0 aliphatic carbocycles. The van der Waals surface area contributed by atoms with Crippen LogP contribution in [0.2, 0.25) is 0 Å². The molecule has 1 amide bonds. The fraction of sp³-hybridized carbons (Fsp3) is 0.167. The Morgan fingerprint density at radius 2 is 1.96 bits per heavy atom. The van der Waals surface area contributed by atoms with Gasteiger partial charge in [-0.05, 0) is 50.1 Å². The van der Waals surface area contributed by atoms with E-state index in [1.54, 1.807) is 32.0 Å². The molecule has 0 saturated heterocycles. The number of hydrogen-bond donors (Lipinski definition) is 1. The zero-order valence-electron chi connectivity index (χ0n) is 14.0. The summed E-state index contributed by atoms with van der Waals surface area (Å²) in [6, 6.07) is 9.34. The molecule has 0 aliphatic heterocycles. The second-order valence-corrected chi connectivity index (χ2v) is 6.39. The Morgan fingerprint density at radius 1 is 1.24 bits per heavy atom. The number of anilines is 1. The minimum absolute atomic E-state index is 0.245. The summed E-state index contributed by atoms with van der Waals surface area (Å²) in [6.07, 6.45) is 0. The summed E-state index contributed by atoms with van der Waals surface area (Å²) in [5.74, 6) is -0.245. The Kier molecular flexibility index (Phi) is 5.43. The highest BCUT2D eigenvalue weighted by atomic mass is 32.1. The number of rotatable bonds is 4. The van der Waals surface area contributed by atoms with Crippen molar-refractivity contribution >= 4 is 33.6 Å². The summed E-state index contributed by atoms with van der Waals surface area (Å²) >= 11 is 1.14. The van der Waals surface area contributed by atoms with Crippen molar-refractivity contribution in [2.45, 2.75) is 20.8 Å². The van der Waals surface area contributed by atoms with Gasteiger partial charge in [0.05, 0.1) is 11.3 Å². The van der Waals surface area contributed by atoms with E-state index in [0.717, 1.165) is 16.9 Å². The van der Waals surface area contributed by atoms with E-state index in [4.69, 9.17) is 5.26 Å². The highest BCUT2D eigenvalue weighted by Crippen LogP contribution is 2.35. The van der Waals surface area contributed by atoms with Gasteiger partial charge in [0.15, 0.2) is 5.00 Å². The number of hydrogen-bond acceptors (Lipinski definition) is 6. The minimum atomic E-state index is -0.245. The molecular weight excluding hydrogens is 334 g/mol. The minimum Gasteiger partial charge on any atom is -0.322 e. The van der Waals surface area contributed by atoms with E-state index >= 15 is 0 Å². The van der Waals surface area contributed by atoms with E-state index in [-0.39, 0.29) is 5.91 Å². The van der Waals surface area contributed by atoms with Crippen LogP contribution in [0.1, 0.15) is 28.5 Å². The third-order valence-corrected chi connectivity index (χ3v) is 4.51. The first-order chi connectivity index (χ1) is 11.9. The molecule has 1 heterocycles. The van der Waals surface area contributed by atoms with Crippen molar-refractivity contribution in [1.82, 2.24) is 0 Å². The molecule has 7 heteroatoms. The van der Waals surface area contributed by atoms with Crippen LogP contribution in [0.3, 0.4) is 0 Å². The number of carbonyl (C=O) groups is 1. The smallest absolute Gasteiger partial charge is 0.250 e. The molecule has 0 unspecified atom stereocenters. The fourth-order valence-electron chi connectivity index (χ4n) is 1.99. The molecule has 0 radical (unpaired) electrons. The topological polar surface area (TPSA) is 101 Å². The number of nitrogens with zero attached hydrogens (tertiary/aromatic N) is 4. The predicted octanol–water partition coefficient (Wildman–Crippen LogP) is 5.04. The number of carbonyl (C=O) groups excluding carboxylic acids is 1. The first kappa shape index (κ1) is 18.1. The van der Waals surface area contributed by atoms with Gasteiger partial charge in [0.25, 0.3) is 5.91 Å². The normalized spacial score (nSPS) is 10.3. The standard InChI is InChI=1S/C18H15N5OS/c1-10(2)17(24)21-13-5-6-15(11(3)7-13)22-23-18-14(8-19)12(4)16(9-20)25-18/h5-7H,1H2,2-4H3,(H,21,24). The average molecular weight is 349 g/mol. The number of azo groups is 1. The van der Waals surface area contributed by atoms with Crippen LogP contribution < -0.4 is 5.32 Å². The SMILES string of the molecule is C=C(C)C(=O)Nc1ccc(N=Nc2sc(C#N)c(C)c2C#N)c(C)c1. The van der Waals surface area contributed by atoms with E-state index < -0.39 is 0 Å². The van der Waals surface area contributed by atoms with E-state index in [9.17, 15) is 10.1 Å². The molecule has 1 N–H and O–H groups in total. The molecule has 0 saturated carbocycles. The van der Waals surface area contributed by atoms with Gasteiger partial charge < -0.3 is 5.32 Å². The lowest BCUT2D eigenvalue weighted by molar-refractivity contribution is -0.112. The van der Waals surface area contributed by atoms with Crippen LogP contribution >= 0.6 is 11.3 Å². The monoisotopic (exact) mass is 349 g/mol. The molecule has 2 aromatic rings. The van der Waals surface area contributed by atoms with Crippen LogP contribution in [-0.2, 0) is 4.79 Å². The molecule has 0 atom stereocenters. The molecule has 25 heavy (non-hydrogen) atoms. The second-order valence-electron chi connectivity index (χ2n) is 5.40. The Hall–Kier alpha value is -3.29. The molecule has 1 aromatic carbocycles. The van der Waals surface area contributed by atoms with Crippen molar-refractivity contribution in [3.8, 4) is 12.1 Å². The molecule has 1 aromatic heterocycles.